The lowest BCUT2D eigenvalue weighted by Gasteiger charge is -2.07. The minimum Gasteiger partial charge on any atom is -0.481 e. The van der Waals surface area contributed by atoms with Crippen LogP contribution >= 0.6 is 11.3 Å². The third-order valence-electron chi connectivity index (χ3n) is 5.76. The lowest BCUT2D eigenvalue weighted by Crippen LogP contribution is -2.15. The van der Waals surface area contributed by atoms with E-state index in [0.29, 0.717) is 17.1 Å². The molecule has 1 N–H and O–H groups in total. The zero-order valence-corrected chi connectivity index (χ0v) is 19.7. The first-order valence-corrected chi connectivity index (χ1v) is 12.6. The van der Waals surface area contributed by atoms with Crippen molar-refractivity contribution in [3.63, 3.8) is 0 Å². The maximum Gasteiger partial charge on any atom is 0.678 e. The number of nitrogens with zero attached hydrogens (tertiary/aromatic N) is 2. The van der Waals surface area contributed by atoms with Gasteiger partial charge in [0.1, 0.15) is 0 Å². The molecule has 3 heterocycles. The van der Waals surface area contributed by atoms with Crippen LogP contribution in [-0.4, -0.2) is 28.7 Å². The van der Waals surface area contributed by atoms with Crippen molar-refractivity contribution in [2.24, 2.45) is 4.99 Å². The fraction of sp³-hybridized carbons (Fsp3) is 0.440. The molecular formula is C25H31BF2N2O2S. The number of halogens is 2. The summed E-state index contributed by atoms with van der Waals surface area (Å²) in [7, 11) is -2.61. The standard InChI is InChI=1S/C25H31BF2N2O2S/c27-26(28)30-22(16-17-23(30)24-12-10-18-33-24)19-21-15-14-20(29-21)11-8-6-4-2-1-3-5-7-9-13-25(31)32/h10,12,14-19H,1-9,11,13H2,(H,31,32)/b21-19-. The molecule has 33 heavy (non-hydrogen) atoms. The first kappa shape index (κ1) is 25.2. The number of allylic oxidation sites excluding steroid dienone is 2. The van der Waals surface area contributed by atoms with Gasteiger partial charge in [-0.3, -0.25) is 18.4 Å². The number of unbranched alkanes of at least 4 members (excludes halogenated alkanes) is 8. The van der Waals surface area contributed by atoms with Gasteiger partial charge in [0, 0.05) is 22.7 Å². The number of aliphatic carboxylic acids is 1. The number of carbonyl (C=O) groups is 1. The van der Waals surface area contributed by atoms with Crippen molar-refractivity contribution in [3.05, 3.63) is 53.2 Å². The molecule has 0 bridgehead atoms. The number of carboxylic acid groups (broad SMARTS) is 1. The molecule has 0 unspecified atom stereocenters. The van der Waals surface area contributed by atoms with Gasteiger partial charge in [0.05, 0.1) is 11.4 Å². The van der Waals surface area contributed by atoms with Gasteiger partial charge in [-0.25, -0.2) is 0 Å². The zero-order valence-electron chi connectivity index (χ0n) is 18.9. The van der Waals surface area contributed by atoms with E-state index < -0.39 is 13.4 Å². The molecule has 4 nitrogen and oxygen atoms in total. The second kappa shape index (κ2) is 13.3. The van der Waals surface area contributed by atoms with E-state index in [4.69, 9.17) is 5.11 Å². The van der Waals surface area contributed by atoms with E-state index in [-0.39, 0.29) is 6.42 Å². The third-order valence-corrected chi connectivity index (χ3v) is 6.65. The Kier molecular flexibility index (Phi) is 10.1. The Morgan fingerprint density at radius 1 is 1.00 bits per heavy atom. The summed E-state index contributed by atoms with van der Waals surface area (Å²) in [6.45, 7) is 0. The topological polar surface area (TPSA) is 54.6 Å². The molecule has 176 valence electrons. The van der Waals surface area contributed by atoms with Crippen LogP contribution in [0.25, 0.3) is 16.6 Å². The van der Waals surface area contributed by atoms with E-state index in [9.17, 15) is 13.4 Å². The highest BCUT2D eigenvalue weighted by Gasteiger charge is 2.24. The summed E-state index contributed by atoms with van der Waals surface area (Å²) in [4.78, 5) is 15.9. The molecule has 0 radical (unpaired) electrons. The van der Waals surface area contributed by atoms with Gasteiger partial charge in [0.25, 0.3) is 0 Å². The highest BCUT2D eigenvalue weighted by molar-refractivity contribution is 7.13. The zero-order chi connectivity index (χ0) is 23.5. The minimum atomic E-state index is -2.61. The molecule has 0 spiro atoms. The summed E-state index contributed by atoms with van der Waals surface area (Å²) in [6, 6.07) is 7.18. The summed E-state index contributed by atoms with van der Waals surface area (Å²) in [6.07, 6.45) is 16.7. The molecule has 2 aromatic rings. The van der Waals surface area contributed by atoms with Crippen LogP contribution in [0.1, 0.15) is 76.3 Å². The third kappa shape index (κ3) is 8.11. The number of rotatable bonds is 15. The average Bonchev–Trinajstić information content (AvgIpc) is 3.53. The van der Waals surface area contributed by atoms with Crippen LogP contribution in [0.15, 0.2) is 52.5 Å². The molecule has 0 fully saturated rings. The first-order chi connectivity index (χ1) is 16.0. The Bertz CT molecular complexity index is 981. The first-order valence-electron chi connectivity index (χ1n) is 11.8. The van der Waals surface area contributed by atoms with E-state index in [0.717, 1.165) is 53.6 Å². The number of aliphatic imine (C=N–C) groups is 1. The smallest absolute Gasteiger partial charge is 0.481 e. The van der Waals surface area contributed by atoms with Crippen molar-refractivity contribution in [3.8, 4) is 10.6 Å². The number of thiophene rings is 1. The van der Waals surface area contributed by atoms with Gasteiger partial charge in [-0.05, 0) is 61.1 Å². The van der Waals surface area contributed by atoms with Crippen LogP contribution in [0.3, 0.4) is 0 Å². The Morgan fingerprint density at radius 2 is 1.70 bits per heavy atom. The lowest BCUT2D eigenvalue weighted by atomic mass is 10.0. The fourth-order valence-electron chi connectivity index (χ4n) is 4.04. The van der Waals surface area contributed by atoms with Gasteiger partial charge < -0.3 is 9.58 Å². The highest BCUT2D eigenvalue weighted by atomic mass is 32.1. The van der Waals surface area contributed by atoms with Gasteiger partial charge in [0.2, 0.25) is 0 Å². The monoisotopic (exact) mass is 472 g/mol. The van der Waals surface area contributed by atoms with Crippen molar-refractivity contribution in [2.45, 2.75) is 70.6 Å². The van der Waals surface area contributed by atoms with Crippen LogP contribution in [0.5, 0.6) is 0 Å². The second-order valence-electron chi connectivity index (χ2n) is 8.35. The van der Waals surface area contributed by atoms with Crippen molar-refractivity contribution >= 4 is 36.5 Å². The number of hydrogen-bond donors (Lipinski definition) is 1. The van der Waals surface area contributed by atoms with E-state index >= 15 is 0 Å². The molecular weight excluding hydrogens is 441 g/mol. The van der Waals surface area contributed by atoms with Crippen LogP contribution in [-0.2, 0) is 4.79 Å². The van der Waals surface area contributed by atoms with Gasteiger partial charge in [-0.1, -0.05) is 51.0 Å². The average molecular weight is 472 g/mol. The molecule has 1 aliphatic heterocycles. The van der Waals surface area contributed by atoms with E-state index in [1.807, 2.05) is 29.7 Å². The predicted octanol–water partition coefficient (Wildman–Crippen LogP) is 7.72. The summed E-state index contributed by atoms with van der Waals surface area (Å²) >= 11 is 1.45. The molecule has 1 aliphatic rings. The number of aromatic nitrogens is 1. The molecule has 3 rings (SSSR count). The van der Waals surface area contributed by atoms with Crippen molar-refractivity contribution in [1.29, 1.82) is 0 Å². The van der Waals surface area contributed by atoms with Crippen molar-refractivity contribution in [2.75, 3.05) is 0 Å². The predicted molar refractivity (Wildman–Crippen MR) is 134 cm³/mol. The number of hydrogen-bond acceptors (Lipinski definition) is 3. The molecule has 2 aromatic heterocycles. The van der Waals surface area contributed by atoms with Crippen LogP contribution in [0.4, 0.5) is 8.63 Å². The maximum absolute atomic E-state index is 13.7. The molecule has 0 amide bonds. The summed E-state index contributed by atoms with van der Waals surface area (Å²) in [5.74, 6) is -0.703. The number of carboxylic acids is 1. The fourth-order valence-corrected chi connectivity index (χ4v) is 4.79. The SMILES string of the molecule is O=C(O)CCCCCCCCCCCC1=N/C(=C\c2ccc(-c3cccs3)n2B(F)F)C=C1. The van der Waals surface area contributed by atoms with Gasteiger partial charge in [-0.2, -0.15) is 0 Å². The van der Waals surface area contributed by atoms with Crippen molar-refractivity contribution < 1.29 is 18.5 Å². The van der Waals surface area contributed by atoms with Crippen LogP contribution in [0.2, 0.25) is 0 Å². The van der Waals surface area contributed by atoms with E-state index in [2.05, 4.69) is 4.99 Å². The molecule has 0 aromatic carbocycles. The highest BCUT2D eigenvalue weighted by Crippen LogP contribution is 2.29. The molecule has 0 atom stereocenters. The normalized spacial score (nSPS) is 14.2. The Hall–Kier alpha value is -2.48. The largest absolute Gasteiger partial charge is 0.678 e. The van der Waals surface area contributed by atoms with Gasteiger partial charge in [-0.15, -0.1) is 11.3 Å². The molecule has 0 saturated heterocycles. The van der Waals surface area contributed by atoms with Crippen molar-refractivity contribution in [1.82, 2.24) is 4.48 Å². The maximum atomic E-state index is 13.7. The molecule has 8 heteroatoms. The van der Waals surface area contributed by atoms with Crippen LogP contribution in [0, 0.1) is 0 Å². The Labute approximate surface area is 198 Å². The molecule has 0 saturated carbocycles. The minimum absolute atomic E-state index is 0.282. The quantitative estimate of drug-likeness (QED) is 0.213. The Balaban J connectivity index is 1.38. The van der Waals surface area contributed by atoms with Gasteiger partial charge in [0.15, 0.2) is 0 Å². The van der Waals surface area contributed by atoms with E-state index in [1.54, 1.807) is 18.2 Å². The summed E-state index contributed by atoms with van der Waals surface area (Å²) < 4.78 is 28.5. The molecule has 0 aliphatic carbocycles. The van der Waals surface area contributed by atoms with Gasteiger partial charge >= 0.3 is 13.4 Å². The lowest BCUT2D eigenvalue weighted by molar-refractivity contribution is -0.137. The summed E-state index contributed by atoms with van der Waals surface area (Å²) in [5.41, 5.74) is 2.71. The Morgan fingerprint density at radius 3 is 2.33 bits per heavy atom. The summed E-state index contributed by atoms with van der Waals surface area (Å²) in [5, 5.41) is 10.5. The second-order valence-corrected chi connectivity index (χ2v) is 9.30. The van der Waals surface area contributed by atoms with E-state index in [1.165, 1.54) is 37.0 Å². The van der Waals surface area contributed by atoms with Crippen LogP contribution < -0.4 is 0 Å².